The van der Waals surface area contributed by atoms with Crippen molar-refractivity contribution in [3.8, 4) is 11.1 Å². The Hall–Kier alpha value is -3.19. The number of anilines is 2. The molecule has 3 aromatic rings. The molecule has 5 nitrogen and oxygen atoms in total. The second-order valence-electron chi connectivity index (χ2n) is 7.09. The fourth-order valence-electron chi connectivity index (χ4n) is 3.08. The number of carbonyl (C=O) groups is 1. The molecule has 0 saturated heterocycles. The van der Waals surface area contributed by atoms with Crippen LogP contribution < -0.4 is 11.1 Å². The first-order valence-electron chi connectivity index (χ1n) is 9.19. The summed E-state index contributed by atoms with van der Waals surface area (Å²) in [4.78, 5) is 13.1. The third-order valence-electron chi connectivity index (χ3n) is 4.94. The molecule has 0 unspecified atom stereocenters. The summed E-state index contributed by atoms with van der Waals surface area (Å²) in [6, 6.07) is 17.6. The maximum absolute atomic E-state index is 13.1. The van der Waals surface area contributed by atoms with E-state index in [1.807, 2.05) is 0 Å². The second-order valence-corrected chi connectivity index (χ2v) is 9.43. The van der Waals surface area contributed by atoms with Crippen molar-refractivity contribution in [1.29, 1.82) is 4.78 Å². The van der Waals surface area contributed by atoms with E-state index in [0.29, 0.717) is 21.8 Å². The van der Waals surface area contributed by atoms with Crippen LogP contribution in [-0.2, 0) is 9.73 Å². The van der Waals surface area contributed by atoms with E-state index in [1.54, 1.807) is 54.6 Å². The van der Waals surface area contributed by atoms with Gasteiger partial charge in [-0.2, -0.15) is 0 Å². The van der Waals surface area contributed by atoms with Crippen LogP contribution in [0.1, 0.15) is 23.2 Å². The van der Waals surface area contributed by atoms with Gasteiger partial charge in [-0.15, -0.1) is 0 Å². The molecule has 1 saturated carbocycles. The number of rotatable bonds is 5. The molecule has 148 valence electrons. The molecule has 4 N–H and O–H groups in total. The molecule has 1 fully saturated rings. The van der Waals surface area contributed by atoms with Crippen LogP contribution in [0.15, 0.2) is 71.6 Å². The molecule has 3 aromatic carbocycles. The van der Waals surface area contributed by atoms with Gasteiger partial charge in [-0.3, -0.25) is 4.79 Å². The van der Waals surface area contributed by atoms with Crippen LogP contribution >= 0.6 is 0 Å². The first-order chi connectivity index (χ1) is 13.8. The summed E-state index contributed by atoms with van der Waals surface area (Å²) < 4.78 is 33.7. The topological polar surface area (TPSA) is 96.0 Å². The van der Waals surface area contributed by atoms with Crippen molar-refractivity contribution < 1.29 is 13.4 Å². The molecule has 0 aliphatic heterocycles. The number of nitrogen functional groups attached to an aromatic ring is 1. The third-order valence-corrected chi connectivity index (χ3v) is 7.32. The molecule has 4 rings (SSSR count). The lowest BCUT2D eigenvalue weighted by molar-refractivity contribution is 0.102. The lowest BCUT2D eigenvalue weighted by atomic mass is 10.0. The summed E-state index contributed by atoms with van der Waals surface area (Å²) >= 11 is 0. The Morgan fingerprint density at radius 3 is 2.24 bits per heavy atom. The van der Waals surface area contributed by atoms with Gasteiger partial charge in [0.05, 0.1) is 21.1 Å². The minimum atomic E-state index is -2.79. The summed E-state index contributed by atoms with van der Waals surface area (Å²) in [5, 5.41) is 2.71. The Morgan fingerprint density at radius 1 is 1.00 bits per heavy atom. The predicted octanol–water partition coefficient (Wildman–Crippen LogP) is 4.90. The van der Waals surface area contributed by atoms with Crippen LogP contribution in [0.4, 0.5) is 15.8 Å². The van der Waals surface area contributed by atoms with E-state index >= 15 is 0 Å². The van der Waals surface area contributed by atoms with Gasteiger partial charge in [-0.05, 0) is 72.5 Å². The maximum Gasteiger partial charge on any atom is 0.255 e. The number of amides is 1. The molecular formula is C22H20FN3O2S. The molecule has 1 amide bonds. The van der Waals surface area contributed by atoms with Crippen molar-refractivity contribution in [2.75, 3.05) is 11.1 Å². The Kier molecular flexibility index (Phi) is 4.84. The summed E-state index contributed by atoms with van der Waals surface area (Å²) in [7, 11) is -2.79. The van der Waals surface area contributed by atoms with Gasteiger partial charge in [0.1, 0.15) is 5.82 Å². The van der Waals surface area contributed by atoms with Crippen molar-refractivity contribution in [2.24, 2.45) is 0 Å². The van der Waals surface area contributed by atoms with Gasteiger partial charge < -0.3 is 11.1 Å². The Bertz CT molecular complexity index is 1170. The van der Waals surface area contributed by atoms with Gasteiger partial charge in [0.15, 0.2) is 0 Å². The van der Waals surface area contributed by atoms with Gasteiger partial charge >= 0.3 is 0 Å². The zero-order valence-corrected chi connectivity index (χ0v) is 16.3. The van der Waals surface area contributed by atoms with Gasteiger partial charge in [0.2, 0.25) is 0 Å². The minimum absolute atomic E-state index is 0.0730. The van der Waals surface area contributed by atoms with Gasteiger partial charge in [-0.25, -0.2) is 13.4 Å². The summed E-state index contributed by atoms with van der Waals surface area (Å²) in [5.74, 6) is -0.679. The molecule has 0 aromatic heterocycles. The fourth-order valence-corrected chi connectivity index (χ4v) is 4.81. The van der Waals surface area contributed by atoms with Crippen LogP contribution in [0, 0.1) is 10.6 Å². The van der Waals surface area contributed by atoms with Crippen molar-refractivity contribution in [3.05, 3.63) is 78.1 Å². The number of hydrogen-bond donors (Lipinski definition) is 3. The second kappa shape index (κ2) is 7.33. The third kappa shape index (κ3) is 4.00. The van der Waals surface area contributed by atoms with Crippen LogP contribution in [-0.4, -0.2) is 15.4 Å². The number of benzene rings is 3. The van der Waals surface area contributed by atoms with E-state index in [-0.39, 0.29) is 17.0 Å². The van der Waals surface area contributed by atoms with E-state index in [9.17, 15) is 13.4 Å². The molecule has 1 aliphatic carbocycles. The van der Waals surface area contributed by atoms with Crippen molar-refractivity contribution in [2.45, 2.75) is 23.0 Å². The molecule has 1 aliphatic rings. The Morgan fingerprint density at radius 2 is 1.62 bits per heavy atom. The Balaban J connectivity index is 1.55. The number of halogens is 1. The molecule has 0 spiro atoms. The van der Waals surface area contributed by atoms with E-state index in [4.69, 9.17) is 10.5 Å². The molecule has 1 atom stereocenters. The predicted molar refractivity (Wildman–Crippen MR) is 113 cm³/mol. The molecule has 0 bridgehead atoms. The first kappa shape index (κ1) is 19.1. The SMILES string of the molecule is N=[S@](=O)(c1ccc(C(=O)Nc2cc(-c3ccc(F)cc3)ccc2N)cc1)C1CC1. The standard InChI is InChI=1S/C22H20FN3O2S/c23-17-6-1-14(2-7-17)16-5-12-20(24)21(13-16)26-22(27)15-3-8-18(9-4-15)29(25,28)19-10-11-19/h1-9,12-13,19,25H,10-11,24H2,(H,26,27)/t29-/m0/s1. The van der Waals surface area contributed by atoms with Crippen molar-refractivity contribution in [3.63, 3.8) is 0 Å². The molecular weight excluding hydrogens is 389 g/mol. The average molecular weight is 409 g/mol. The lowest BCUT2D eigenvalue weighted by Crippen LogP contribution is -2.14. The van der Waals surface area contributed by atoms with E-state index in [0.717, 1.165) is 24.0 Å². The Labute approximate surface area is 168 Å². The molecule has 29 heavy (non-hydrogen) atoms. The molecule has 7 heteroatoms. The smallest absolute Gasteiger partial charge is 0.255 e. The highest BCUT2D eigenvalue weighted by atomic mass is 32.2. The molecule has 0 radical (unpaired) electrons. The van der Waals surface area contributed by atoms with E-state index in [2.05, 4.69) is 5.32 Å². The van der Waals surface area contributed by atoms with E-state index in [1.165, 1.54) is 12.1 Å². The van der Waals surface area contributed by atoms with Crippen molar-refractivity contribution in [1.82, 2.24) is 0 Å². The minimum Gasteiger partial charge on any atom is -0.397 e. The van der Waals surface area contributed by atoms with Gasteiger partial charge in [-0.1, -0.05) is 18.2 Å². The van der Waals surface area contributed by atoms with E-state index < -0.39 is 9.73 Å². The van der Waals surface area contributed by atoms with Crippen LogP contribution in [0.5, 0.6) is 0 Å². The fraction of sp³-hybridized carbons (Fsp3) is 0.136. The maximum atomic E-state index is 13.1. The number of carbonyl (C=O) groups excluding carboxylic acids is 1. The van der Waals surface area contributed by atoms with Gasteiger partial charge in [0.25, 0.3) is 5.91 Å². The molecule has 0 heterocycles. The van der Waals surface area contributed by atoms with Crippen molar-refractivity contribution >= 4 is 27.0 Å². The number of hydrogen-bond acceptors (Lipinski definition) is 4. The van der Waals surface area contributed by atoms with Crippen LogP contribution in [0.3, 0.4) is 0 Å². The summed E-state index contributed by atoms with van der Waals surface area (Å²) in [6.45, 7) is 0. The van der Waals surface area contributed by atoms with Crippen LogP contribution in [0.2, 0.25) is 0 Å². The summed E-state index contributed by atoms with van der Waals surface area (Å²) in [6.07, 6.45) is 1.63. The first-order valence-corrected chi connectivity index (χ1v) is 10.8. The number of nitrogens with one attached hydrogen (secondary N) is 2. The highest BCUT2D eigenvalue weighted by Gasteiger charge is 2.33. The van der Waals surface area contributed by atoms with Crippen LogP contribution in [0.25, 0.3) is 11.1 Å². The number of nitrogens with two attached hydrogens (primary N) is 1. The summed E-state index contributed by atoms with van der Waals surface area (Å²) in [5.41, 5.74) is 8.83. The normalized spacial score (nSPS) is 15.5. The monoisotopic (exact) mass is 409 g/mol. The zero-order valence-electron chi connectivity index (χ0n) is 15.5. The zero-order chi connectivity index (χ0) is 20.6. The average Bonchev–Trinajstić information content (AvgIpc) is 3.56. The highest BCUT2D eigenvalue weighted by molar-refractivity contribution is 7.93. The quantitative estimate of drug-likeness (QED) is 0.523. The largest absolute Gasteiger partial charge is 0.397 e. The highest BCUT2D eigenvalue weighted by Crippen LogP contribution is 2.34. The lowest BCUT2D eigenvalue weighted by Gasteiger charge is -2.12. The van der Waals surface area contributed by atoms with Gasteiger partial charge in [0, 0.05) is 15.7 Å².